The van der Waals surface area contributed by atoms with Crippen molar-refractivity contribution in [3.05, 3.63) is 81.4 Å². The molecule has 3 aliphatic rings. The Bertz CT molecular complexity index is 1450. The first kappa shape index (κ1) is 34.1. The molecule has 2 saturated heterocycles. The summed E-state index contributed by atoms with van der Waals surface area (Å²) in [6.07, 6.45) is 5.24. The topological polar surface area (TPSA) is 101 Å². The molecule has 0 saturated carbocycles. The van der Waals surface area contributed by atoms with Gasteiger partial charge in [-0.05, 0) is 98.2 Å². The Hall–Kier alpha value is -3.26. The molecule has 46 heavy (non-hydrogen) atoms. The summed E-state index contributed by atoms with van der Waals surface area (Å²) in [7, 11) is 0. The summed E-state index contributed by atoms with van der Waals surface area (Å²) in [4.78, 5) is 31.9. The standard InChI is InChI=1S/C39H52N2O5/c1-6-27(20-29-18-25(4)37(44)26(5)19-29)12-13-34(43)35-31(24(2)3)21-32-36(33(35)23-42)39(46)41(38(32)45)30-14-16-40(17-15-30)22-28-10-8-7-9-11-28/h7-11,18-20,24,30,32-34,36,42-44H,6,12-17,21-23H2,1-5H3/b27-20+/t32-,33+,34-,36-/m1/s1. The fourth-order valence-electron chi connectivity index (χ4n) is 8.14. The number of benzene rings is 2. The molecule has 2 aromatic rings. The van der Waals surface area contributed by atoms with Crippen LogP contribution in [0, 0.1) is 37.5 Å². The first-order chi connectivity index (χ1) is 22.0. The molecule has 0 unspecified atom stereocenters. The molecule has 2 aliphatic heterocycles. The maximum Gasteiger partial charge on any atom is 0.234 e. The van der Waals surface area contributed by atoms with Gasteiger partial charge in [0.25, 0.3) is 0 Å². The quantitative estimate of drug-likeness (QED) is 0.203. The Kier molecular flexibility index (Phi) is 10.9. The summed E-state index contributed by atoms with van der Waals surface area (Å²) < 4.78 is 0. The number of hydrogen-bond acceptors (Lipinski definition) is 6. The van der Waals surface area contributed by atoms with Crippen molar-refractivity contribution in [2.75, 3.05) is 19.7 Å². The van der Waals surface area contributed by atoms with Crippen LogP contribution < -0.4 is 0 Å². The lowest BCUT2D eigenvalue weighted by Crippen LogP contribution is -2.47. The second kappa shape index (κ2) is 14.7. The predicted octanol–water partition coefficient (Wildman–Crippen LogP) is 6.17. The molecule has 0 aromatic heterocycles. The number of phenolic OH excluding ortho intramolecular Hbond substituents is 1. The molecule has 0 bridgehead atoms. The maximum absolute atomic E-state index is 14.1. The highest BCUT2D eigenvalue weighted by atomic mass is 16.3. The van der Waals surface area contributed by atoms with Crippen LogP contribution >= 0.6 is 0 Å². The zero-order valence-electron chi connectivity index (χ0n) is 28.2. The van der Waals surface area contributed by atoms with Crippen molar-refractivity contribution >= 4 is 17.9 Å². The number of carbonyl (C=O) groups is 2. The zero-order valence-corrected chi connectivity index (χ0v) is 28.2. The Morgan fingerprint density at radius 3 is 2.26 bits per heavy atom. The van der Waals surface area contributed by atoms with Gasteiger partial charge in [0.1, 0.15) is 5.75 Å². The number of carbonyl (C=O) groups excluding carboxylic acids is 2. The molecule has 248 valence electrons. The average Bonchev–Trinajstić information content (AvgIpc) is 3.30. The number of fused-ring (bicyclic) bond motifs is 1. The van der Waals surface area contributed by atoms with Crippen molar-refractivity contribution in [1.29, 1.82) is 0 Å². The van der Waals surface area contributed by atoms with E-state index in [4.69, 9.17) is 0 Å². The van der Waals surface area contributed by atoms with E-state index in [2.05, 4.69) is 43.9 Å². The lowest BCUT2D eigenvalue weighted by Gasteiger charge is -2.38. The van der Waals surface area contributed by atoms with Crippen molar-refractivity contribution in [2.24, 2.45) is 23.7 Å². The molecule has 0 radical (unpaired) electrons. The third-order valence-corrected chi connectivity index (χ3v) is 10.7. The van der Waals surface area contributed by atoms with Crippen LogP contribution in [-0.4, -0.2) is 68.8 Å². The van der Waals surface area contributed by atoms with E-state index in [0.717, 1.165) is 66.7 Å². The monoisotopic (exact) mass is 628 g/mol. The maximum atomic E-state index is 14.1. The number of rotatable bonds is 11. The van der Waals surface area contributed by atoms with Gasteiger partial charge in [-0.2, -0.15) is 0 Å². The molecule has 7 nitrogen and oxygen atoms in total. The van der Waals surface area contributed by atoms with Crippen LogP contribution in [-0.2, 0) is 16.1 Å². The van der Waals surface area contributed by atoms with Crippen LogP contribution in [0.3, 0.4) is 0 Å². The van der Waals surface area contributed by atoms with Crippen LogP contribution in [0.2, 0.25) is 0 Å². The molecule has 3 N–H and O–H groups in total. The van der Waals surface area contributed by atoms with Crippen LogP contribution in [0.1, 0.15) is 81.5 Å². The number of likely N-dealkylation sites (tertiary alicyclic amines) is 2. The minimum Gasteiger partial charge on any atom is -0.507 e. The smallest absolute Gasteiger partial charge is 0.234 e. The number of hydrogen-bond donors (Lipinski definition) is 3. The van der Waals surface area contributed by atoms with E-state index in [-0.39, 0.29) is 30.4 Å². The number of piperidine rings is 1. The molecule has 0 spiro atoms. The number of aliphatic hydroxyl groups excluding tert-OH is 2. The van der Waals surface area contributed by atoms with Crippen molar-refractivity contribution in [3.8, 4) is 5.75 Å². The highest BCUT2D eigenvalue weighted by Crippen LogP contribution is 2.49. The van der Waals surface area contributed by atoms with Gasteiger partial charge in [-0.25, -0.2) is 0 Å². The summed E-state index contributed by atoms with van der Waals surface area (Å²) in [5.41, 5.74) is 6.91. The molecule has 2 amide bonds. The summed E-state index contributed by atoms with van der Waals surface area (Å²) in [5.74, 6) is -1.54. The van der Waals surface area contributed by atoms with Gasteiger partial charge in [-0.15, -0.1) is 0 Å². The molecule has 7 heteroatoms. The van der Waals surface area contributed by atoms with Gasteiger partial charge in [0.15, 0.2) is 0 Å². The molecule has 1 aliphatic carbocycles. The van der Waals surface area contributed by atoms with Gasteiger partial charge in [-0.1, -0.05) is 68.3 Å². The number of amides is 2. The summed E-state index contributed by atoms with van der Waals surface area (Å²) >= 11 is 0. The minimum atomic E-state index is -0.813. The number of imide groups is 1. The van der Waals surface area contributed by atoms with Gasteiger partial charge in [0, 0.05) is 31.6 Å². The number of allylic oxidation sites excluding steroid dienone is 2. The third-order valence-electron chi connectivity index (χ3n) is 10.7. The van der Waals surface area contributed by atoms with Crippen molar-refractivity contribution < 1.29 is 24.9 Å². The average molecular weight is 629 g/mol. The molecular weight excluding hydrogens is 576 g/mol. The number of nitrogens with zero attached hydrogens (tertiary/aromatic N) is 2. The van der Waals surface area contributed by atoms with Crippen LogP contribution in [0.4, 0.5) is 0 Å². The highest BCUT2D eigenvalue weighted by molar-refractivity contribution is 6.06. The van der Waals surface area contributed by atoms with E-state index in [1.807, 2.05) is 44.2 Å². The fourth-order valence-corrected chi connectivity index (χ4v) is 8.14. The second-order valence-corrected chi connectivity index (χ2v) is 14.0. The Morgan fingerprint density at radius 1 is 1.02 bits per heavy atom. The predicted molar refractivity (Wildman–Crippen MR) is 182 cm³/mol. The van der Waals surface area contributed by atoms with E-state index in [1.165, 1.54) is 11.1 Å². The largest absolute Gasteiger partial charge is 0.507 e. The Balaban J connectivity index is 1.30. The van der Waals surface area contributed by atoms with Crippen molar-refractivity contribution in [3.63, 3.8) is 0 Å². The summed E-state index contributed by atoms with van der Waals surface area (Å²) in [6, 6.07) is 14.2. The number of aromatic hydroxyl groups is 1. The van der Waals surface area contributed by atoms with Gasteiger partial charge in [-0.3, -0.25) is 19.4 Å². The van der Waals surface area contributed by atoms with E-state index < -0.39 is 23.9 Å². The van der Waals surface area contributed by atoms with Crippen LogP contribution in [0.15, 0.2) is 59.2 Å². The first-order valence-electron chi connectivity index (χ1n) is 17.2. The lowest BCUT2D eigenvalue weighted by atomic mass is 9.66. The molecule has 2 heterocycles. The van der Waals surface area contributed by atoms with Gasteiger partial charge in [0.05, 0.1) is 24.5 Å². The Morgan fingerprint density at radius 2 is 1.67 bits per heavy atom. The minimum absolute atomic E-state index is 0.0851. The van der Waals surface area contributed by atoms with Gasteiger partial charge < -0.3 is 15.3 Å². The third kappa shape index (κ3) is 7.02. The Labute approximate surface area is 274 Å². The van der Waals surface area contributed by atoms with Crippen molar-refractivity contribution in [1.82, 2.24) is 9.80 Å². The van der Waals surface area contributed by atoms with E-state index >= 15 is 0 Å². The van der Waals surface area contributed by atoms with E-state index in [1.54, 1.807) is 4.90 Å². The molecular formula is C39H52N2O5. The van der Waals surface area contributed by atoms with Gasteiger partial charge in [0.2, 0.25) is 11.8 Å². The molecule has 4 atom stereocenters. The van der Waals surface area contributed by atoms with Crippen LogP contribution in [0.25, 0.3) is 6.08 Å². The summed E-state index contributed by atoms with van der Waals surface area (Å²) in [6.45, 7) is 12.3. The lowest BCUT2D eigenvalue weighted by molar-refractivity contribution is -0.144. The normalized spacial score (nSPS) is 23.9. The first-order valence-corrected chi connectivity index (χ1v) is 17.2. The summed E-state index contributed by atoms with van der Waals surface area (Å²) in [5, 5.41) is 32.7. The highest BCUT2D eigenvalue weighted by Gasteiger charge is 2.56. The van der Waals surface area contributed by atoms with Crippen LogP contribution in [0.5, 0.6) is 5.75 Å². The van der Waals surface area contributed by atoms with E-state index in [9.17, 15) is 24.9 Å². The van der Waals surface area contributed by atoms with E-state index in [0.29, 0.717) is 25.0 Å². The zero-order chi connectivity index (χ0) is 33.1. The fraction of sp³-hybridized carbons (Fsp3) is 0.538. The van der Waals surface area contributed by atoms with Gasteiger partial charge >= 0.3 is 0 Å². The second-order valence-electron chi connectivity index (χ2n) is 14.0. The number of phenols is 1. The number of aryl methyl sites for hydroxylation is 2. The number of aliphatic hydroxyl groups is 2. The molecule has 5 rings (SSSR count). The van der Waals surface area contributed by atoms with Crippen molar-refractivity contribution in [2.45, 2.75) is 91.8 Å². The molecule has 2 aromatic carbocycles. The SMILES string of the molecule is CC/C(=C\c1cc(C)c(O)c(C)c1)CC[C@@H](O)C1=C(C(C)C)C[C@H]2C(=O)N(C3CCN(Cc4ccccc4)CC3)C(=O)[C@H]2[C@H]1CO. The molecule has 2 fully saturated rings.